The fourth-order valence-electron chi connectivity index (χ4n) is 3.80. The maximum absolute atomic E-state index is 10.9. The Kier molecular flexibility index (Phi) is 2.66. The van der Waals surface area contributed by atoms with Crippen LogP contribution in [0.15, 0.2) is 0 Å². The van der Waals surface area contributed by atoms with Crippen LogP contribution in [0.2, 0.25) is 0 Å². The highest BCUT2D eigenvalue weighted by Gasteiger charge is 2.56. The van der Waals surface area contributed by atoms with Gasteiger partial charge in [-0.15, -0.1) is 0 Å². The topological polar surface area (TPSA) is 56.5 Å². The van der Waals surface area contributed by atoms with E-state index < -0.39 is 11.0 Å². The quantitative estimate of drug-likeness (QED) is 0.735. The average Bonchev–Trinajstić information content (AvgIpc) is 2.97. The van der Waals surface area contributed by atoms with Crippen molar-refractivity contribution < 1.29 is 9.84 Å². The molecule has 17 heavy (non-hydrogen) atoms. The molecule has 0 saturated carbocycles. The van der Waals surface area contributed by atoms with Crippen molar-refractivity contribution in [2.24, 2.45) is 5.41 Å². The summed E-state index contributed by atoms with van der Waals surface area (Å²) in [6.45, 7) is 3.12. The first kappa shape index (κ1) is 11.5. The summed E-state index contributed by atoms with van der Waals surface area (Å²) in [6.07, 6.45) is 4.57. The number of fused-ring (bicyclic) bond motifs is 1. The van der Waals surface area contributed by atoms with Gasteiger partial charge in [0, 0.05) is 19.2 Å². The van der Waals surface area contributed by atoms with Crippen LogP contribution in [0.5, 0.6) is 0 Å². The van der Waals surface area contributed by atoms with Gasteiger partial charge in [-0.1, -0.05) is 0 Å². The van der Waals surface area contributed by atoms with Gasteiger partial charge in [-0.25, -0.2) is 0 Å². The van der Waals surface area contributed by atoms with Gasteiger partial charge < -0.3 is 14.7 Å². The van der Waals surface area contributed by atoms with Crippen molar-refractivity contribution >= 4 is 0 Å². The van der Waals surface area contributed by atoms with Gasteiger partial charge in [-0.2, -0.15) is 5.26 Å². The monoisotopic (exact) mass is 236 g/mol. The maximum Gasteiger partial charge on any atom is 0.111 e. The number of nitrogens with zero attached hydrogens (tertiary/aromatic N) is 2. The van der Waals surface area contributed by atoms with Crippen LogP contribution >= 0.6 is 0 Å². The summed E-state index contributed by atoms with van der Waals surface area (Å²) in [5.41, 5.74) is -1.48. The van der Waals surface area contributed by atoms with E-state index in [9.17, 15) is 10.4 Å². The Bertz CT molecular complexity index is 346. The van der Waals surface area contributed by atoms with Crippen molar-refractivity contribution in [3.05, 3.63) is 0 Å². The molecule has 94 valence electrons. The van der Waals surface area contributed by atoms with Gasteiger partial charge >= 0.3 is 0 Å². The van der Waals surface area contributed by atoms with E-state index in [-0.39, 0.29) is 0 Å². The Morgan fingerprint density at radius 1 is 1.35 bits per heavy atom. The lowest BCUT2D eigenvalue weighted by atomic mass is 9.66. The number of rotatable bonds is 1. The standard InChI is InChI=1S/C13H20N2O2/c14-9-12(4-7-17-10-12)13(16)3-6-15-5-1-2-11(15)8-13/h11,16H,1-8,10H2. The van der Waals surface area contributed by atoms with Gasteiger partial charge in [0.25, 0.3) is 0 Å². The first-order valence-electron chi connectivity index (χ1n) is 6.65. The van der Waals surface area contributed by atoms with E-state index in [0.29, 0.717) is 25.7 Å². The van der Waals surface area contributed by atoms with Gasteiger partial charge in [0.2, 0.25) is 0 Å². The first-order chi connectivity index (χ1) is 8.19. The number of hydrogen-bond acceptors (Lipinski definition) is 4. The molecule has 0 amide bonds. The lowest BCUT2D eigenvalue weighted by molar-refractivity contribution is -0.108. The highest BCUT2D eigenvalue weighted by molar-refractivity contribution is 5.16. The molecule has 3 atom stereocenters. The molecule has 3 saturated heterocycles. The van der Waals surface area contributed by atoms with Crippen molar-refractivity contribution in [2.45, 2.75) is 43.7 Å². The van der Waals surface area contributed by atoms with Gasteiger partial charge in [0.15, 0.2) is 0 Å². The van der Waals surface area contributed by atoms with Crippen LogP contribution in [0.4, 0.5) is 0 Å². The van der Waals surface area contributed by atoms with E-state index in [1.54, 1.807) is 0 Å². The van der Waals surface area contributed by atoms with Crippen molar-refractivity contribution in [1.82, 2.24) is 4.90 Å². The van der Waals surface area contributed by atoms with Crippen LogP contribution in [0, 0.1) is 16.7 Å². The summed E-state index contributed by atoms with van der Waals surface area (Å²) in [7, 11) is 0. The zero-order valence-corrected chi connectivity index (χ0v) is 10.2. The van der Waals surface area contributed by atoms with E-state index in [1.165, 1.54) is 12.8 Å². The third kappa shape index (κ3) is 1.61. The van der Waals surface area contributed by atoms with Crippen LogP contribution in [0.3, 0.4) is 0 Å². The SMILES string of the molecule is N#CC1(C2(O)CCN3CCCC3C2)CCOC1. The predicted octanol–water partition coefficient (Wildman–Crippen LogP) is 0.906. The number of hydrogen-bond donors (Lipinski definition) is 1. The largest absolute Gasteiger partial charge is 0.388 e. The molecule has 3 rings (SSSR count). The van der Waals surface area contributed by atoms with Gasteiger partial charge in [-0.3, -0.25) is 0 Å². The molecule has 3 unspecified atom stereocenters. The highest BCUT2D eigenvalue weighted by Crippen LogP contribution is 2.47. The van der Waals surface area contributed by atoms with E-state index in [4.69, 9.17) is 4.74 Å². The van der Waals surface area contributed by atoms with E-state index in [1.807, 2.05) is 0 Å². The molecule has 3 aliphatic heterocycles. The Hall–Kier alpha value is -0.630. The fourth-order valence-corrected chi connectivity index (χ4v) is 3.80. The minimum atomic E-state index is -0.830. The molecule has 0 bridgehead atoms. The van der Waals surface area contributed by atoms with Gasteiger partial charge in [-0.05, 0) is 38.6 Å². The fraction of sp³-hybridized carbons (Fsp3) is 0.923. The molecule has 0 radical (unpaired) electrons. The Balaban J connectivity index is 1.83. The van der Waals surface area contributed by atoms with Crippen molar-refractivity contribution in [3.8, 4) is 6.07 Å². The lowest BCUT2D eigenvalue weighted by Crippen LogP contribution is -2.57. The predicted molar refractivity (Wildman–Crippen MR) is 62.3 cm³/mol. The molecule has 0 aromatic carbocycles. The smallest absolute Gasteiger partial charge is 0.111 e. The minimum Gasteiger partial charge on any atom is -0.388 e. The molecule has 4 nitrogen and oxygen atoms in total. The van der Waals surface area contributed by atoms with Crippen LogP contribution in [-0.4, -0.2) is 48.0 Å². The zero-order chi connectivity index (χ0) is 11.9. The van der Waals surface area contributed by atoms with Crippen molar-refractivity contribution in [3.63, 3.8) is 0 Å². The number of piperidine rings is 1. The number of aliphatic hydroxyl groups is 1. The second kappa shape index (κ2) is 3.94. The molecule has 1 N–H and O–H groups in total. The molecule has 0 aromatic heterocycles. The minimum absolute atomic E-state index is 0.409. The molecule has 0 aliphatic carbocycles. The Morgan fingerprint density at radius 3 is 2.94 bits per heavy atom. The van der Waals surface area contributed by atoms with E-state index in [2.05, 4.69) is 11.0 Å². The molecule has 4 heteroatoms. The molecule has 3 fully saturated rings. The van der Waals surface area contributed by atoms with Gasteiger partial charge in [0.1, 0.15) is 5.41 Å². The Labute approximate surface area is 102 Å². The van der Waals surface area contributed by atoms with Crippen LogP contribution < -0.4 is 0 Å². The molecule has 3 heterocycles. The molecular formula is C13H20N2O2. The second-order valence-electron chi connectivity index (χ2n) is 5.81. The van der Waals surface area contributed by atoms with E-state index >= 15 is 0 Å². The number of nitriles is 1. The first-order valence-corrected chi connectivity index (χ1v) is 6.65. The molecular weight excluding hydrogens is 216 g/mol. The summed E-state index contributed by atoms with van der Waals surface area (Å²) >= 11 is 0. The lowest BCUT2D eigenvalue weighted by Gasteiger charge is -2.47. The maximum atomic E-state index is 10.9. The Morgan fingerprint density at radius 2 is 2.24 bits per heavy atom. The molecule has 3 aliphatic rings. The molecule has 0 spiro atoms. The normalized spacial score (nSPS) is 46.7. The summed E-state index contributed by atoms with van der Waals surface area (Å²) in [5, 5.41) is 20.4. The average molecular weight is 236 g/mol. The third-order valence-corrected chi connectivity index (χ3v) is 5.01. The van der Waals surface area contributed by atoms with Crippen molar-refractivity contribution in [1.29, 1.82) is 5.26 Å². The summed E-state index contributed by atoms with van der Waals surface area (Å²) in [4.78, 5) is 2.47. The second-order valence-corrected chi connectivity index (χ2v) is 5.81. The van der Waals surface area contributed by atoms with Crippen LogP contribution in [0.25, 0.3) is 0 Å². The van der Waals surface area contributed by atoms with Crippen LogP contribution in [-0.2, 0) is 4.74 Å². The highest BCUT2D eigenvalue weighted by atomic mass is 16.5. The summed E-state index contributed by atoms with van der Waals surface area (Å²) in [6, 6.07) is 2.86. The summed E-state index contributed by atoms with van der Waals surface area (Å²) in [5.74, 6) is 0. The van der Waals surface area contributed by atoms with Crippen LogP contribution in [0.1, 0.15) is 32.1 Å². The number of ether oxygens (including phenoxy) is 1. The zero-order valence-electron chi connectivity index (χ0n) is 10.2. The van der Waals surface area contributed by atoms with E-state index in [0.717, 1.165) is 25.9 Å². The molecule has 0 aromatic rings. The van der Waals surface area contributed by atoms with Crippen molar-refractivity contribution in [2.75, 3.05) is 26.3 Å². The summed E-state index contributed by atoms with van der Waals surface area (Å²) < 4.78 is 5.39. The third-order valence-electron chi connectivity index (χ3n) is 5.01. The van der Waals surface area contributed by atoms with Gasteiger partial charge in [0.05, 0.1) is 18.3 Å².